The van der Waals surface area contributed by atoms with Gasteiger partial charge in [-0.3, -0.25) is 28.8 Å². The fraction of sp³-hybridized carbons (Fsp3) is 0.649. The lowest BCUT2D eigenvalue weighted by Gasteiger charge is -2.41. The minimum Gasteiger partial charge on any atom is -0.340 e. The molecule has 3 aromatic rings. The maximum atomic E-state index is 14.6. The predicted octanol–water partition coefficient (Wildman–Crippen LogP) is 6.80. The molecule has 10 rings (SSSR count). The lowest BCUT2D eigenvalue weighted by molar-refractivity contribution is -0.144. The first kappa shape index (κ1) is 83.0. The lowest BCUT2D eigenvalue weighted by Crippen LogP contribution is -2.64. The number of nitrogens with zero attached hydrogens (tertiary/aromatic N) is 3. The molecule has 7 fully saturated rings. The SMILES string of the molecule is C=CC1C[C@]1(NC(=O)[C@@H]1[C@@H]2[C@H](CN1C(=O)C(NC(=O)NC1(CS(=O)(=O)C(C)(C)C)CCCCC1)C(C)(C)C)C2(C)C)C(=O)NS(=O)(=O)c1ccccc1.CN(C[C@@H](NC(=O)NC(C(=O)N1C[C@H]2[C@@H]([C@H]1C(=O)NC1(C(=O)NS(=O)(=O)c3ccccc3)CC1)C2(C)C)C(C)(C)C)C(C)(C)C)S(=O)(=O)c1cccs1. The van der Waals surface area contributed by atoms with E-state index in [9.17, 15) is 72.0 Å². The van der Waals surface area contributed by atoms with Gasteiger partial charge in [-0.2, -0.15) is 4.31 Å². The van der Waals surface area contributed by atoms with Crippen LogP contribution < -0.4 is 41.3 Å². The number of piperidine rings is 2. The second-order valence-corrected chi connectivity index (χ2v) is 44.8. The number of carbonyl (C=O) groups excluding carboxylic acids is 8. The number of nitrogens with one attached hydrogen (secondary N) is 8. The number of amides is 10. The monoisotopic (exact) mass is 1570 g/mol. The molecule has 3 unspecified atom stereocenters. The largest absolute Gasteiger partial charge is 0.340 e. The van der Waals surface area contributed by atoms with Gasteiger partial charge >= 0.3 is 12.1 Å². The average Bonchev–Trinajstić information content (AvgIpc) is 1.52. The molecule has 3 heterocycles. The van der Waals surface area contributed by atoms with Crippen LogP contribution in [0.1, 0.15) is 162 Å². The summed E-state index contributed by atoms with van der Waals surface area (Å²) < 4.78 is 110. The molecule has 32 heteroatoms. The van der Waals surface area contributed by atoms with E-state index in [0.29, 0.717) is 12.8 Å². The van der Waals surface area contributed by atoms with Crippen molar-refractivity contribution >= 4 is 98.7 Å². The minimum atomic E-state index is -4.24. The summed E-state index contributed by atoms with van der Waals surface area (Å²) in [4.78, 5) is 115. The summed E-state index contributed by atoms with van der Waals surface area (Å²) in [7, 11) is -14.3. The van der Waals surface area contributed by atoms with Gasteiger partial charge in [-0.15, -0.1) is 17.9 Å². The summed E-state index contributed by atoms with van der Waals surface area (Å²) >= 11 is 1.10. The highest BCUT2D eigenvalue weighted by atomic mass is 32.2. The highest BCUT2D eigenvalue weighted by Gasteiger charge is 2.73. The number of sulfonamides is 3. The fourth-order valence-electron chi connectivity index (χ4n) is 15.5. The van der Waals surface area contributed by atoms with Gasteiger partial charge in [0.15, 0.2) is 9.84 Å². The zero-order valence-corrected chi connectivity index (χ0v) is 68.0. The van der Waals surface area contributed by atoms with Crippen molar-refractivity contribution in [2.45, 2.75) is 228 Å². The molecule has 106 heavy (non-hydrogen) atoms. The summed E-state index contributed by atoms with van der Waals surface area (Å²) in [5.41, 5.74) is -6.73. The van der Waals surface area contributed by atoms with Crippen molar-refractivity contribution in [3.05, 3.63) is 90.8 Å². The van der Waals surface area contributed by atoms with Gasteiger partial charge in [0.2, 0.25) is 23.6 Å². The molecule has 0 radical (unpaired) electrons. The second-order valence-electron chi connectivity index (χ2n) is 35.5. The third kappa shape index (κ3) is 17.2. The van der Waals surface area contributed by atoms with Crippen molar-refractivity contribution in [2.24, 2.45) is 56.7 Å². The number of carbonyl (C=O) groups is 8. The second kappa shape index (κ2) is 29.1. The van der Waals surface area contributed by atoms with Crippen molar-refractivity contribution in [3.8, 4) is 0 Å². The van der Waals surface area contributed by atoms with Crippen LogP contribution in [0.3, 0.4) is 0 Å². The molecule has 5 saturated carbocycles. The molecule has 8 N–H and O–H groups in total. The molecule has 586 valence electrons. The molecule has 5 aliphatic carbocycles. The number of hydrogen-bond donors (Lipinski definition) is 8. The summed E-state index contributed by atoms with van der Waals surface area (Å²) in [5.74, 6) is -5.02. The molecule has 11 atom stereocenters. The molecule has 7 aliphatic rings. The zero-order valence-electron chi connectivity index (χ0n) is 64.0. The van der Waals surface area contributed by atoms with Crippen LogP contribution in [0.2, 0.25) is 0 Å². The van der Waals surface area contributed by atoms with E-state index in [1.54, 1.807) is 85.9 Å². The van der Waals surface area contributed by atoms with Crippen molar-refractivity contribution in [3.63, 3.8) is 0 Å². The summed E-state index contributed by atoms with van der Waals surface area (Å²) in [6.45, 7) is 33.7. The van der Waals surface area contributed by atoms with Gasteiger partial charge in [-0.05, 0) is 139 Å². The zero-order chi connectivity index (χ0) is 79.1. The van der Waals surface area contributed by atoms with E-state index in [0.717, 1.165) is 30.6 Å². The topological polar surface area (TPSA) is 379 Å². The number of sulfone groups is 1. The van der Waals surface area contributed by atoms with Crippen LogP contribution in [-0.2, 0) is 68.7 Å². The Hall–Kier alpha value is -7.00. The molecule has 1 aromatic heterocycles. The van der Waals surface area contributed by atoms with Gasteiger partial charge in [0.1, 0.15) is 39.5 Å². The van der Waals surface area contributed by atoms with Crippen molar-refractivity contribution in [1.29, 1.82) is 0 Å². The Kier molecular flexibility index (Phi) is 22.8. The van der Waals surface area contributed by atoms with Gasteiger partial charge < -0.3 is 41.7 Å². The van der Waals surface area contributed by atoms with Crippen LogP contribution in [0.4, 0.5) is 9.59 Å². The van der Waals surface area contributed by atoms with Gasteiger partial charge in [-0.1, -0.05) is 158 Å². The average molecular weight is 1570 g/mol. The van der Waals surface area contributed by atoms with Crippen LogP contribution in [0.25, 0.3) is 0 Å². The third-order valence-electron chi connectivity index (χ3n) is 23.0. The van der Waals surface area contributed by atoms with Crippen LogP contribution >= 0.6 is 11.3 Å². The van der Waals surface area contributed by atoms with E-state index in [1.807, 2.05) is 48.5 Å². The first-order valence-corrected chi connectivity index (χ1v) is 43.1. The molecule has 2 aliphatic heterocycles. The minimum absolute atomic E-state index is 0.00480. The number of urea groups is 2. The molecule has 10 amide bonds. The molecular formula is C74H109N11O16S5. The van der Waals surface area contributed by atoms with E-state index in [4.69, 9.17) is 0 Å². The van der Waals surface area contributed by atoms with E-state index in [1.165, 1.54) is 81.8 Å². The van der Waals surface area contributed by atoms with Gasteiger partial charge in [0.05, 0.1) is 25.8 Å². The van der Waals surface area contributed by atoms with Gasteiger partial charge in [0, 0.05) is 38.6 Å². The lowest BCUT2D eigenvalue weighted by atomic mass is 9.83. The summed E-state index contributed by atoms with van der Waals surface area (Å²) in [6.07, 6.45) is 5.53. The number of likely N-dealkylation sites (N-methyl/N-ethyl adjacent to an activating group) is 1. The number of hydrogen-bond acceptors (Lipinski definition) is 17. The third-order valence-corrected chi connectivity index (χ3v) is 31.7. The van der Waals surface area contributed by atoms with Crippen LogP contribution in [0.5, 0.6) is 0 Å². The number of likely N-dealkylation sites (tertiary alicyclic amines) is 2. The Morgan fingerprint density at radius 1 is 0.575 bits per heavy atom. The maximum absolute atomic E-state index is 14.6. The smallest absolute Gasteiger partial charge is 0.315 e. The Balaban J connectivity index is 0.000000245. The Morgan fingerprint density at radius 2 is 1.03 bits per heavy atom. The quantitative estimate of drug-likeness (QED) is 0.0452. The molecule has 0 bridgehead atoms. The Morgan fingerprint density at radius 3 is 1.43 bits per heavy atom. The maximum Gasteiger partial charge on any atom is 0.315 e. The highest BCUT2D eigenvalue weighted by molar-refractivity contribution is 7.93. The Labute approximate surface area is 630 Å². The predicted molar refractivity (Wildman–Crippen MR) is 402 cm³/mol. The van der Waals surface area contributed by atoms with E-state index in [2.05, 4.69) is 47.9 Å². The van der Waals surface area contributed by atoms with E-state index in [-0.39, 0.29) is 93.2 Å². The normalized spacial score (nSPS) is 25.5. The first-order valence-electron chi connectivity index (χ1n) is 36.1. The van der Waals surface area contributed by atoms with Crippen LogP contribution in [0, 0.1) is 56.7 Å². The van der Waals surface area contributed by atoms with Crippen molar-refractivity contribution < 1.29 is 72.0 Å². The van der Waals surface area contributed by atoms with Gasteiger partial charge in [-0.25, -0.2) is 52.7 Å². The van der Waals surface area contributed by atoms with Crippen LogP contribution in [-0.4, -0.2) is 179 Å². The van der Waals surface area contributed by atoms with E-state index >= 15 is 0 Å². The molecule has 2 saturated heterocycles. The van der Waals surface area contributed by atoms with Crippen molar-refractivity contribution in [1.82, 2.24) is 55.4 Å². The highest BCUT2D eigenvalue weighted by Crippen LogP contribution is 2.66. The standard InChI is InChI=1S/C38H57N5O8S2.C36H52N6O8S3/c1-10-24-21-38(24,32(46)42-53(50,51)25-17-13-11-14-18-25)40-30(44)28-27-26(36(27,8)9)22-43(28)31(45)29(34(2,3)4)39-33(47)41-37(19-15-12-16-20-37)23-52(48,49)35(5,6)7;1-33(2,3)24(21-41(9)53(49,50)25-16-13-19-51-25)37-32(46)38-28(34(4,5)6)30(44)42-20-23-26(35(23,7)8)27(42)29(43)39-36(17-18-36)31(45)40-52(47,48)22-14-11-10-12-15-22/h10-11,13-14,17-18,24,26-29H,1,12,15-16,19-23H2,2-9H3,(H,40,44)(H,42,46)(H2,39,41,47);10-16,19,23-24,26-28H,17-18,20-21H2,1-9H3,(H,39,43)(H,40,45)(H2,37,38,46)/t24?,26-,27-,28-,29?,38+;23-,24+,26-,27-,28?/m00/s1. The first-order chi connectivity index (χ1) is 48.6. The van der Waals surface area contributed by atoms with Crippen LogP contribution in [0.15, 0.2) is 105 Å². The van der Waals surface area contributed by atoms with Gasteiger partial charge in [0.25, 0.3) is 41.9 Å². The Bertz CT molecular complexity index is 4370. The van der Waals surface area contributed by atoms with E-state index < -0.39 is 161 Å². The number of thiophene rings is 1. The summed E-state index contributed by atoms with van der Waals surface area (Å²) in [5, 5.41) is 18.9. The molecule has 27 nitrogen and oxygen atoms in total. The molecule has 2 aromatic carbocycles. The number of rotatable bonds is 23. The number of fused-ring (bicyclic) bond motifs is 2. The molecule has 0 spiro atoms. The number of benzene rings is 2. The van der Waals surface area contributed by atoms with Crippen molar-refractivity contribution in [2.75, 3.05) is 32.4 Å². The fourth-order valence-corrected chi connectivity index (χ4v) is 21.5. The molecular weight excluding hydrogens is 1460 g/mol. The summed E-state index contributed by atoms with van der Waals surface area (Å²) in [6, 6.07) is 12.0.